The number of hydrogen-bond donors (Lipinski definition) is 4. The Morgan fingerprint density at radius 3 is 0.706 bits per heavy atom. The van der Waals surface area contributed by atoms with Crippen LogP contribution in [0.25, 0.3) is 0 Å². The molecule has 0 fully saturated rings. The lowest BCUT2D eigenvalue weighted by Gasteiger charge is -2.21. The first-order chi connectivity index (χ1) is 58.2. The highest BCUT2D eigenvalue weighted by Gasteiger charge is 2.29. The van der Waals surface area contributed by atoms with Crippen LogP contribution in [0.1, 0.15) is 380 Å². The number of phosphoric ester groups is 2. The minimum atomic E-state index is -4.95. The second kappa shape index (κ2) is 91.8. The number of unbranched alkanes of at least 4 members (excludes halogenated alkanes) is 35. The molecule has 0 rings (SSSR count). The van der Waals surface area contributed by atoms with Crippen molar-refractivity contribution < 1.29 is 75.8 Å². The number of rotatable bonds is 88. The van der Waals surface area contributed by atoms with E-state index < -0.39 is 91.5 Å². The van der Waals surface area contributed by atoms with Crippen LogP contribution in [0.3, 0.4) is 0 Å². The number of allylic oxidation sites excluding steroid dienone is 30. The van der Waals surface area contributed by atoms with Crippen molar-refractivity contribution in [1.29, 1.82) is 0 Å². The van der Waals surface area contributed by atoms with E-state index in [-0.39, 0.29) is 19.3 Å². The average molecular weight is 1700 g/mol. The van der Waals surface area contributed by atoms with Crippen LogP contribution < -0.4 is 0 Å². The third kappa shape index (κ3) is 93.2. The predicted octanol–water partition coefficient (Wildman–Crippen LogP) is 29.2. The van der Waals surface area contributed by atoms with Gasteiger partial charge in [0.05, 0.1) is 26.4 Å². The van der Waals surface area contributed by atoms with Gasteiger partial charge >= 0.3 is 33.6 Å². The van der Waals surface area contributed by atoms with Gasteiger partial charge in [0.2, 0.25) is 0 Å². The Labute approximate surface area is 725 Å². The molecule has 0 aromatic carbocycles. The highest BCUT2D eigenvalue weighted by Crippen LogP contribution is 2.45. The summed E-state index contributed by atoms with van der Waals surface area (Å²) >= 11 is 0. The van der Waals surface area contributed by atoms with Crippen molar-refractivity contribution >= 4 is 33.6 Å². The molecule has 0 bridgehead atoms. The van der Waals surface area contributed by atoms with Crippen molar-refractivity contribution in [2.24, 2.45) is 0 Å². The molecule has 0 aromatic heterocycles. The van der Waals surface area contributed by atoms with Crippen LogP contribution >= 0.6 is 15.6 Å². The third-order valence-corrected chi connectivity index (χ3v) is 21.5. The smallest absolute Gasteiger partial charge is 0.463 e. The van der Waals surface area contributed by atoms with Crippen LogP contribution in [0, 0.1) is 0 Å². The summed E-state index contributed by atoms with van der Waals surface area (Å²) in [5.74, 6) is -1.59. The van der Waals surface area contributed by atoms with Gasteiger partial charge in [-0.05, 0) is 161 Å². The molecule has 0 heterocycles. The van der Waals surface area contributed by atoms with Crippen molar-refractivity contribution in [3.05, 3.63) is 182 Å². The van der Waals surface area contributed by atoms with Gasteiger partial charge in [-0.3, -0.25) is 32.5 Å². The molecule has 680 valence electrons. The van der Waals surface area contributed by atoms with Crippen LogP contribution in [0.4, 0.5) is 0 Å². The second-order valence-corrected chi connectivity index (χ2v) is 34.0. The van der Waals surface area contributed by atoms with Crippen molar-refractivity contribution in [3.63, 3.8) is 0 Å². The van der Waals surface area contributed by atoms with E-state index in [0.717, 1.165) is 199 Å². The van der Waals surface area contributed by atoms with E-state index >= 15 is 0 Å². The number of aliphatic hydroxyl groups excluding tert-OH is 2. The van der Waals surface area contributed by atoms with Crippen molar-refractivity contribution in [2.75, 3.05) is 39.6 Å². The Balaban J connectivity index is 4.61. The van der Waals surface area contributed by atoms with Gasteiger partial charge in [-0.25, -0.2) is 9.13 Å². The van der Waals surface area contributed by atoms with Crippen LogP contribution in [-0.4, -0.2) is 95.9 Å². The van der Waals surface area contributed by atoms with Crippen LogP contribution in [0.2, 0.25) is 0 Å². The van der Waals surface area contributed by atoms with Gasteiger partial charge in [0, 0.05) is 19.3 Å². The molecule has 18 heteroatoms. The topological polar surface area (TPSA) is 231 Å². The van der Waals surface area contributed by atoms with E-state index in [2.05, 4.69) is 203 Å². The number of carbonyl (C=O) groups excluding carboxylic acids is 3. The fraction of sp³-hybridized carbons (Fsp3) is 0.673. The van der Waals surface area contributed by atoms with E-state index in [1.54, 1.807) is 0 Å². The molecule has 0 spiro atoms. The molecule has 0 radical (unpaired) electrons. The maximum Gasteiger partial charge on any atom is 0.472 e. The Bertz CT molecular complexity index is 2890. The minimum absolute atomic E-state index is 0.0850. The SMILES string of the molecule is CC/C=C\C/C=C\C/C=C\C/C=C\C/C=C\C/C=C\CCCCCCCCCCC(=O)OCC(COP(=O)(O)OCC(O)COP(=O)(O)OCC(O)COC(=O)CCCCCCCCCCCCCCCCCCC/C=C\C/C=C\C/C=C\C/C=C\C/C=C\CC)OC(=O)CCCCCCCCC/C=C\C/C=C\C/C=C\C/C=C\CCCCC. The van der Waals surface area contributed by atoms with Crippen molar-refractivity contribution in [1.82, 2.24) is 0 Å². The lowest BCUT2D eigenvalue weighted by atomic mass is 10.0. The third-order valence-electron chi connectivity index (χ3n) is 19.6. The molecule has 0 saturated heterocycles. The van der Waals surface area contributed by atoms with E-state index in [1.807, 2.05) is 0 Å². The van der Waals surface area contributed by atoms with Gasteiger partial charge in [-0.2, -0.15) is 0 Å². The monoisotopic (exact) mass is 1700 g/mol. The molecular weight excluding hydrogens is 1530 g/mol. The van der Waals surface area contributed by atoms with Gasteiger partial charge in [0.25, 0.3) is 0 Å². The van der Waals surface area contributed by atoms with Crippen LogP contribution in [0.5, 0.6) is 0 Å². The Kier molecular flexibility index (Phi) is 87.7. The summed E-state index contributed by atoms with van der Waals surface area (Å²) in [4.78, 5) is 59.1. The predicted molar refractivity (Wildman–Crippen MR) is 500 cm³/mol. The molecule has 0 aromatic rings. The molecule has 4 N–H and O–H groups in total. The van der Waals surface area contributed by atoms with E-state index in [1.165, 1.54) is 122 Å². The largest absolute Gasteiger partial charge is 0.472 e. The Morgan fingerprint density at radius 2 is 0.445 bits per heavy atom. The zero-order chi connectivity index (χ0) is 86.5. The molecule has 0 amide bonds. The summed E-state index contributed by atoms with van der Waals surface area (Å²) in [6, 6.07) is 0. The summed E-state index contributed by atoms with van der Waals surface area (Å²) in [6.45, 7) is 2.44. The second-order valence-electron chi connectivity index (χ2n) is 31.0. The standard InChI is InChI=1S/C101H170O16P2/c1-4-7-10-13-16-19-22-25-28-31-34-37-40-42-44-45-46-47-48-49-51-53-55-57-60-63-66-69-72-75-78-81-84-87-99(104)111-90-96(102)91-113-118(107,108)114-92-97(103)93-115-119(109,110)116-95-98(117-101(106)89-86-83-80-77-74-71-68-65-62-59-54-39-36-33-30-27-24-21-18-15-12-9-6-3)94-112-100(105)88-85-82-79-76-73-70-67-64-61-58-56-52-50-43-41-38-35-32-29-26-23-20-17-14-11-8-5-2/h7-8,10-11,16-21,25-30,34-39,42-44,50,56,58-59,62,96-98,102-103H,4-6,9,12-15,22-24,31-33,40-41,45-49,51-55,57,60-61,63-95H2,1-3H3,(H,107,108)(H,109,110)/b10-7-,11-8-,19-16-,20-17-,21-18-,28-25-,29-26-,30-27-,37-34-,38-35-,39-36-,44-42-,50-43-,58-56-,62-59-. The quantitative estimate of drug-likeness (QED) is 0.0146. The van der Waals surface area contributed by atoms with Crippen molar-refractivity contribution in [2.45, 2.75) is 399 Å². The number of carbonyl (C=O) groups is 3. The maximum atomic E-state index is 13.1. The Hall–Kier alpha value is -5.35. The van der Waals surface area contributed by atoms with E-state index in [0.29, 0.717) is 19.3 Å². The van der Waals surface area contributed by atoms with Gasteiger partial charge < -0.3 is 34.2 Å². The number of hydrogen-bond acceptors (Lipinski definition) is 14. The number of ether oxygens (including phenoxy) is 3. The molecule has 0 aliphatic rings. The molecule has 119 heavy (non-hydrogen) atoms. The highest BCUT2D eigenvalue weighted by molar-refractivity contribution is 7.47. The summed E-state index contributed by atoms with van der Waals surface area (Å²) in [6.07, 6.45) is 121. The van der Waals surface area contributed by atoms with Gasteiger partial charge in [0.1, 0.15) is 25.4 Å². The fourth-order valence-electron chi connectivity index (χ4n) is 12.5. The normalized spacial score (nSPS) is 14.6. The summed E-state index contributed by atoms with van der Waals surface area (Å²) in [5.41, 5.74) is 0. The summed E-state index contributed by atoms with van der Waals surface area (Å²) in [5, 5.41) is 20.8. The summed E-state index contributed by atoms with van der Waals surface area (Å²) in [7, 11) is -9.82. The molecule has 5 atom stereocenters. The molecule has 5 unspecified atom stereocenters. The van der Waals surface area contributed by atoms with Gasteiger partial charge in [-0.1, -0.05) is 383 Å². The van der Waals surface area contributed by atoms with Crippen LogP contribution in [0.15, 0.2) is 182 Å². The lowest BCUT2D eigenvalue weighted by Crippen LogP contribution is -2.30. The van der Waals surface area contributed by atoms with Crippen molar-refractivity contribution in [3.8, 4) is 0 Å². The molecular formula is C101H170O16P2. The van der Waals surface area contributed by atoms with Gasteiger partial charge in [0.15, 0.2) is 6.10 Å². The molecule has 0 saturated carbocycles. The first kappa shape index (κ1) is 114. The lowest BCUT2D eigenvalue weighted by molar-refractivity contribution is -0.161. The fourth-order valence-corrected chi connectivity index (χ4v) is 14.1. The first-order valence-electron chi connectivity index (χ1n) is 47.1. The summed E-state index contributed by atoms with van der Waals surface area (Å²) < 4.78 is 61.5. The average Bonchev–Trinajstić information content (AvgIpc) is 0.902. The van der Waals surface area contributed by atoms with Gasteiger partial charge in [-0.15, -0.1) is 0 Å². The number of phosphoric acid groups is 2. The zero-order valence-electron chi connectivity index (χ0n) is 75.0. The number of esters is 3. The first-order valence-corrected chi connectivity index (χ1v) is 50.1. The molecule has 16 nitrogen and oxygen atoms in total. The molecule has 0 aliphatic carbocycles. The highest BCUT2D eigenvalue weighted by atomic mass is 31.2. The Morgan fingerprint density at radius 1 is 0.244 bits per heavy atom. The number of aliphatic hydroxyl groups is 2. The van der Waals surface area contributed by atoms with Crippen LogP contribution in [-0.2, 0) is 55.8 Å². The minimum Gasteiger partial charge on any atom is -0.463 e. The van der Waals surface area contributed by atoms with E-state index in [9.17, 15) is 43.5 Å². The zero-order valence-corrected chi connectivity index (χ0v) is 76.8. The maximum absolute atomic E-state index is 13.1. The van der Waals surface area contributed by atoms with E-state index in [4.69, 9.17) is 32.3 Å². The molecule has 0 aliphatic heterocycles.